The zero-order valence-corrected chi connectivity index (χ0v) is 11.1. The van der Waals surface area contributed by atoms with Gasteiger partial charge in [0.25, 0.3) is 0 Å². The molecule has 96 valence electrons. The highest BCUT2D eigenvalue weighted by molar-refractivity contribution is 7.15. The lowest BCUT2D eigenvalue weighted by atomic mass is 10.2. The van der Waals surface area contributed by atoms with Gasteiger partial charge in [0, 0.05) is 12.6 Å². The number of nitrogens with one attached hydrogen (secondary N) is 1. The Hall–Kier alpha value is -1.69. The van der Waals surface area contributed by atoms with Crippen molar-refractivity contribution in [3.05, 3.63) is 34.6 Å². The van der Waals surface area contributed by atoms with E-state index in [1.807, 2.05) is 13.8 Å². The highest BCUT2D eigenvalue weighted by Gasteiger charge is 2.06. The van der Waals surface area contributed by atoms with Gasteiger partial charge in [-0.2, -0.15) is 0 Å². The van der Waals surface area contributed by atoms with Gasteiger partial charge in [0.05, 0.1) is 0 Å². The number of nitrogens with zero attached hydrogens (tertiary/aromatic N) is 2. The summed E-state index contributed by atoms with van der Waals surface area (Å²) in [4.78, 5) is 0. The van der Waals surface area contributed by atoms with Gasteiger partial charge in [-0.3, -0.25) is 0 Å². The molecule has 1 aromatic heterocycles. The highest BCUT2D eigenvalue weighted by atomic mass is 32.1. The smallest absolute Gasteiger partial charge is 0.205 e. The van der Waals surface area contributed by atoms with Crippen molar-refractivity contribution < 1.29 is 9.13 Å². The molecule has 0 spiro atoms. The Kier molecular flexibility index (Phi) is 4.09. The van der Waals surface area contributed by atoms with E-state index in [0.29, 0.717) is 12.4 Å². The third kappa shape index (κ3) is 3.16. The van der Waals surface area contributed by atoms with Crippen LogP contribution in [0.25, 0.3) is 0 Å². The summed E-state index contributed by atoms with van der Waals surface area (Å²) in [5, 5.41) is 12.6. The van der Waals surface area contributed by atoms with Crippen molar-refractivity contribution in [3.63, 3.8) is 0 Å². The van der Waals surface area contributed by atoms with Crippen LogP contribution in [-0.4, -0.2) is 16.7 Å². The molecule has 4 nitrogen and oxygen atoms in total. The van der Waals surface area contributed by atoms with Gasteiger partial charge in [0.1, 0.15) is 18.2 Å². The summed E-state index contributed by atoms with van der Waals surface area (Å²) >= 11 is 1.43. The van der Waals surface area contributed by atoms with Gasteiger partial charge in [0.15, 0.2) is 5.01 Å². The second kappa shape index (κ2) is 5.77. The minimum atomic E-state index is -0.304. The number of halogens is 1. The van der Waals surface area contributed by atoms with Crippen LogP contribution < -0.4 is 10.1 Å². The first-order valence-electron chi connectivity index (χ1n) is 5.64. The van der Waals surface area contributed by atoms with Crippen molar-refractivity contribution in [3.8, 4) is 5.75 Å². The van der Waals surface area contributed by atoms with Crippen molar-refractivity contribution in [1.29, 1.82) is 0 Å². The molecule has 1 aromatic carbocycles. The standard InChI is InChI=1S/C12H14FN3OS/c1-3-14-12-16-15-11(18-12)7-17-10-6-9(13)5-4-8(10)2/h4-6H,3,7H2,1-2H3,(H,14,16). The number of benzene rings is 1. The molecular weight excluding hydrogens is 253 g/mol. The lowest BCUT2D eigenvalue weighted by Crippen LogP contribution is -1.97. The van der Waals surface area contributed by atoms with Crippen molar-refractivity contribution in [2.75, 3.05) is 11.9 Å². The van der Waals surface area contributed by atoms with Crippen LogP contribution in [0.4, 0.5) is 9.52 Å². The first-order chi connectivity index (χ1) is 8.69. The number of aromatic nitrogens is 2. The molecule has 2 rings (SSSR count). The second-order valence-electron chi connectivity index (χ2n) is 3.73. The Labute approximate surface area is 109 Å². The van der Waals surface area contributed by atoms with Crippen LogP contribution in [-0.2, 0) is 6.61 Å². The van der Waals surface area contributed by atoms with Crippen LogP contribution in [0.5, 0.6) is 5.75 Å². The number of anilines is 1. The predicted molar refractivity (Wildman–Crippen MR) is 69.5 cm³/mol. The lowest BCUT2D eigenvalue weighted by Gasteiger charge is -2.06. The largest absolute Gasteiger partial charge is 0.486 e. The van der Waals surface area contributed by atoms with Crippen LogP contribution >= 0.6 is 11.3 Å². The monoisotopic (exact) mass is 267 g/mol. The third-order valence-corrected chi connectivity index (χ3v) is 3.15. The Bertz CT molecular complexity index is 530. The summed E-state index contributed by atoms with van der Waals surface area (Å²) in [5.74, 6) is 0.233. The minimum Gasteiger partial charge on any atom is -0.486 e. The second-order valence-corrected chi connectivity index (χ2v) is 4.79. The summed E-state index contributed by atoms with van der Waals surface area (Å²) in [7, 11) is 0. The lowest BCUT2D eigenvalue weighted by molar-refractivity contribution is 0.301. The summed E-state index contributed by atoms with van der Waals surface area (Å²) in [6.45, 7) is 4.97. The van der Waals surface area contributed by atoms with Crippen LogP contribution in [0.1, 0.15) is 17.5 Å². The number of rotatable bonds is 5. The molecule has 1 heterocycles. The third-order valence-electron chi connectivity index (χ3n) is 2.30. The molecule has 0 aliphatic heterocycles. The fourth-order valence-corrected chi connectivity index (χ4v) is 2.12. The Morgan fingerprint density at radius 2 is 2.22 bits per heavy atom. The average molecular weight is 267 g/mol. The maximum atomic E-state index is 13.1. The first kappa shape index (κ1) is 12.8. The number of hydrogen-bond donors (Lipinski definition) is 1. The molecule has 18 heavy (non-hydrogen) atoms. The van der Waals surface area contributed by atoms with Crippen LogP contribution in [0.2, 0.25) is 0 Å². The molecule has 0 saturated heterocycles. The van der Waals surface area contributed by atoms with E-state index >= 15 is 0 Å². The quantitative estimate of drug-likeness (QED) is 0.904. The summed E-state index contributed by atoms with van der Waals surface area (Å²) in [5.41, 5.74) is 0.896. The fraction of sp³-hybridized carbons (Fsp3) is 0.333. The molecule has 2 aromatic rings. The Morgan fingerprint density at radius 3 is 3.00 bits per heavy atom. The normalized spacial score (nSPS) is 10.4. The molecule has 0 aliphatic rings. The zero-order valence-electron chi connectivity index (χ0n) is 10.2. The van der Waals surface area contributed by atoms with Crippen molar-refractivity contribution in [2.24, 2.45) is 0 Å². The minimum absolute atomic E-state index is 0.299. The molecular formula is C12H14FN3OS. The zero-order chi connectivity index (χ0) is 13.0. The molecule has 0 saturated carbocycles. The number of aryl methyl sites for hydroxylation is 1. The molecule has 0 atom stereocenters. The van der Waals surface area contributed by atoms with Gasteiger partial charge in [-0.1, -0.05) is 17.4 Å². The van der Waals surface area contributed by atoms with E-state index in [9.17, 15) is 4.39 Å². The molecule has 0 radical (unpaired) electrons. The molecule has 0 amide bonds. The molecule has 0 bridgehead atoms. The Balaban J connectivity index is 1.99. The fourth-order valence-electron chi connectivity index (χ4n) is 1.40. The number of ether oxygens (including phenoxy) is 1. The van der Waals surface area contributed by atoms with Crippen LogP contribution in [0.3, 0.4) is 0 Å². The molecule has 6 heteroatoms. The van der Waals surface area contributed by atoms with Gasteiger partial charge in [-0.05, 0) is 25.5 Å². The van der Waals surface area contributed by atoms with Crippen molar-refractivity contribution in [1.82, 2.24) is 10.2 Å². The van der Waals surface area contributed by atoms with Gasteiger partial charge < -0.3 is 10.1 Å². The Morgan fingerprint density at radius 1 is 1.39 bits per heavy atom. The summed E-state index contributed by atoms with van der Waals surface area (Å²) < 4.78 is 18.6. The predicted octanol–water partition coefficient (Wildman–Crippen LogP) is 3.00. The maximum Gasteiger partial charge on any atom is 0.205 e. The topological polar surface area (TPSA) is 47.0 Å². The SMILES string of the molecule is CCNc1nnc(COc2cc(F)ccc2C)s1. The van der Waals surface area contributed by atoms with Crippen molar-refractivity contribution in [2.45, 2.75) is 20.5 Å². The molecule has 0 fully saturated rings. The van der Waals surface area contributed by atoms with Gasteiger partial charge in [-0.15, -0.1) is 10.2 Å². The average Bonchev–Trinajstić information content (AvgIpc) is 2.79. The number of hydrogen-bond acceptors (Lipinski definition) is 5. The van der Waals surface area contributed by atoms with Gasteiger partial charge >= 0.3 is 0 Å². The van der Waals surface area contributed by atoms with E-state index < -0.39 is 0 Å². The van der Waals surface area contributed by atoms with Gasteiger partial charge in [-0.25, -0.2) is 4.39 Å². The van der Waals surface area contributed by atoms with Crippen molar-refractivity contribution >= 4 is 16.5 Å². The van der Waals surface area contributed by atoms with E-state index in [-0.39, 0.29) is 5.82 Å². The van der Waals surface area contributed by atoms with Crippen LogP contribution in [0, 0.1) is 12.7 Å². The summed E-state index contributed by atoms with van der Waals surface area (Å²) in [6.07, 6.45) is 0. The molecule has 0 unspecified atom stereocenters. The highest BCUT2D eigenvalue weighted by Crippen LogP contribution is 2.21. The summed E-state index contributed by atoms with van der Waals surface area (Å²) in [6, 6.07) is 4.48. The van der Waals surface area contributed by atoms with E-state index in [1.165, 1.54) is 23.5 Å². The first-order valence-corrected chi connectivity index (χ1v) is 6.46. The maximum absolute atomic E-state index is 13.1. The van der Waals surface area contributed by atoms with Crippen LogP contribution in [0.15, 0.2) is 18.2 Å². The van der Waals surface area contributed by atoms with E-state index in [1.54, 1.807) is 6.07 Å². The van der Waals surface area contributed by atoms with E-state index in [0.717, 1.165) is 22.2 Å². The molecule has 1 N–H and O–H groups in total. The molecule has 0 aliphatic carbocycles. The van der Waals surface area contributed by atoms with E-state index in [4.69, 9.17) is 4.74 Å². The van der Waals surface area contributed by atoms with E-state index in [2.05, 4.69) is 15.5 Å². The van der Waals surface area contributed by atoms with Gasteiger partial charge in [0.2, 0.25) is 5.13 Å².